The van der Waals surface area contributed by atoms with E-state index in [4.69, 9.17) is 9.47 Å². The zero-order chi connectivity index (χ0) is 12.1. The molecule has 2 rings (SSSR count). The van der Waals surface area contributed by atoms with Gasteiger partial charge < -0.3 is 9.47 Å². The summed E-state index contributed by atoms with van der Waals surface area (Å²) in [6, 6.07) is 9.79. The lowest BCUT2D eigenvalue weighted by atomic mass is 9.97. The first-order valence-corrected chi connectivity index (χ1v) is 6.14. The van der Waals surface area contributed by atoms with Gasteiger partial charge in [0.05, 0.1) is 19.1 Å². The first-order valence-electron chi connectivity index (χ1n) is 6.14. The van der Waals surface area contributed by atoms with Gasteiger partial charge >= 0.3 is 5.97 Å². The summed E-state index contributed by atoms with van der Waals surface area (Å²) in [4.78, 5) is 12.1. The monoisotopic (exact) mass is 234 g/mol. The second-order valence-electron chi connectivity index (χ2n) is 4.29. The van der Waals surface area contributed by atoms with E-state index in [2.05, 4.69) is 0 Å². The molecule has 0 unspecified atom stereocenters. The molecule has 1 heterocycles. The average Bonchev–Trinajstić information content (AvgIpc) is 2.84. The molecule has 2 atom stereocenters. The van der Waals surface area contributed by atoms with Gasteiger partial charge in [-0.1, -0.05) is 37.3 Å². The Balaban J connectivity index is 2.00. The Kier molecular flexibility index (Phi) is 4.15. The van der Waals surface area contributed by atoms with Crippen LogP contribution in [-0.2, 0) is 14.3 Å². The molecule has 1 aromatic rings. The summed E-state index contributed by atoms with van der Waals surface area (Å²) < 4.78 is 10.7. The summed E-state index contributed by atoms with van der Waals surface area (Å²) in [5.74, 6) is -0.286. The summed E-state index contributed by atoms with van der Waals surface area (Å²) >= 11 is 0. The number of esters is 1. The van der Waals surface area contributed by atoms with E-state index in [0.717, 1.165) is 18.4 Å². The van der Waals surface area contributed by atoms with Crippen molar-refractivity contribution in [3.05, 3.63) is 35.9 Å². The van der Waals surface area contributed by atoms with Crippen LogP contribution in [0, 0.1) is 0 Å². The van der Waals surface area contributed by atoms with Gasteiger partial charge in [-0.2, -0.15) is 0 Å². The van der Waals surface area contributed by atoms with Crippen molar-refractivity contribution in [2.24, 2.45) is 0 Å². The Morgan fingerprint density at radius 3 is 2.82 bits per heavy atom. The van der Waals surface area contributed by atoms with Gasteiger partial charge in [-0.05, 0) is 12.0 Å². The fourth-order valence-corrected chi connectivity index (χ4v) is 2.08. The molecule has 0 amide bonds. The lowest BCUT2D eigenvalue weighted by molar-refractivity contribution is -0.151. The Morgan fingerprint density at radius 2 is 2.24 bits per heavy atom. The quantitative estimate of drug-likeness (QED) is 0.751. The molecule has 0 aliphatic carbocycles. The third kappa shape index (κ3) is 3.07. The second-order valence-corrected chi connectivity index (χ2v) is 4.29. The number of ether oxygens (including phenoxy) is 2. The van der Waals surface area contributed by atoms with Crippen molar-refractivity contribution in [3.8, 4) is 0 Å². The van der Waals surface area contributed by atoms with Crippen molar-refractivity contribution in [2.45, 2.75) is 31.8 Å². The predicted molar refractivity (Wildman–Crippen MR) is 64.8 cm³/mol. The minimum absolute atomic E-state index is 0.0553. The molecule has 17 heavy (non-hydrogen) atoms. The van der Waals surface area contributed by atoms with Crippen LogP contribution in [0.3, 0.4) is 0 Å². The van der Waals surface area contributed by atoms with Crippen molar-refractivity contribution in [2.75, 3.05) is 13.2 Å². The van der Waals surface area contributed by atoms with Crippen LogP contribution in [0.1, 0.15) is 31.2 Å². The summed E-state index contributed by atoms with van der Waals surface area (Å²) in [6.07, 6.45) is 1.52. The highest BCUT2D eigenvalue weighted by Crippen LogP contribution is 2.22. The van der Waals surface area contributed by atoms with Gasteiger partial charge in [0.25, 0.3) is 0 Å². The average molecular weight is 234 g/mol. The van der Waals surface area contributed by atoms with Crippen LogP contribution in [-0.4, -0.2) is 25.3 Å². The third-order valence-corrected chi connectivity index (χ3v) is 3.07. The molecule has 0 saturated carbocycles. The van der Waals surface area contributed by atoms with Crippen molar-refractivity contribution in [1.29, 1.82) is 0 Å². The first-order chi connectivity index (χ1) is 8.31. The molecule has 1 saturated heterocycles. The zero-order valence-corrected chi connectivity index (χ0v) is 10.1. The van der Waals surface area contributed by atoms with Gasteiger partial charge in [0.15, 0.2) is 0 Å². The maximum Gasteiger partial charge on any atom is 0.313 e. The molecule has 0 aromatic heterocycles. The van der Waals surface area contributed by atoms with Crippen LogP contribution in [0.25, 0.3) is 0 Å². The summed E-state index contributed by atoms with van der Waals surface area (Å²) in [7, 11) is 0. The molecule has 0 radical (unpaired) electrons. The Morgan fingerprint density at radius 1 is 1.47 bits per heavy atom. The van der Waals surface area contributed by atoms with Gasteiger partial charge in [-0.25, -0.2) is 0 Å². The highest BCUT2D eigenvalue weighted by atomic mass is 16.6. The number of carbonyl (C=O) groups excluding carboxylic acids is 1. The lowest BCUT2D eigenvalue weighted by Gasteiger charge is -2.17. The fraction of sp³-hybridized carbons (Fsp3) is 0.500. The topological polar surface area (TPSA) is 35.5 Å². The van der Waals surface area contributed by atoms with Crippen LogP contribution < -0.4 is 0 Å². The van der Waals surface area contributed by atoms with E-state index in [1.807, 2.05) is 37.3 Å². The van der Waals surface area contributed by atoms with E-state index >= 15 is 0 Å². The standard InChI is InChI=1S/C14H18O3/c1-2-13(11-6-4-3-5-7-11)14(15)17-12-8-9-16-10-12/h3-7,12-13H,2,8-10H2,1H3/t12-,13+/m1/s1. The Labute approximate surface area is 102 Å². The van der Waals surface area contributed by atoms with Crippen LogP contribution in [0.15, 0.2) is 30.3 Å². The third-order valence-electron chi connectivity index (χ3n) is 3.07. The van der Waals surface area contributed by atoms with Crippen LogP contribution >= 0.6 is 0 Å². The van der Waals surface area contributed by atoms with Crippen LogP contribution in [0.4, 0.5) is 0 Å². The summed E-state index contributed by atoms with van der Waals surface area (Å²) in [5, 5.41) is 0. The van der Waals surface area contributed by atoms with Gasteiger partial charge in [-0.15, -0.1) is 0 Å². The molecule has 0 spiro atoms. The fourth-order valence-electron chi connectivity index (χ4n) is 2.08. The van der Waals surface area contributed by atoms with Crippen molar-refractivity contribution >= 4 is 5.97 Å². The highest BCUT2D eigenvalue weighted by Gasteiger charge is 2.25. The van der Waals surface area contributed by atoms with Gasteiger partial charge in [-0.3, -0.25) is 4.79 Å². The van der Waals surface area contributed by atoms with E-state index in [9.17, 15) is 4.79 Å². The molecule has 1 aliphatic heterocycles. The maximum absolute atomic E-state index is 12.1. The van der Waals surface area contributed by atoms with Crippen molar-refractivity contribution in [3.63, 3.8) is 0 Å². The molecule has 0 N–H and O–H groups in total. The molecular weight excluding hydrogens is 216 g/mol. The zero-order valence-electron chi connectivity index (χ0n) is 10.1. The van der Waals surface area contributed by atoms with Crippen LogP contribution in [0.5, 0.6) is 0 Å². The number of hydrogen-bond donors (Lipinski definition) is 0. The number of benzene rings is 1. The molecule has 1 aromatic carbocycles. The van der Waals surface area contributed by atoms with E-state index in [0.29, 0.717) is 13.2 Å². The molecule has 92 valence electrons. The smallest absolute Gasteiger partial charge is 0.313 e. The molecule has 3 heteroatoms. The molecular formula is C14H18O3. The molecule has 3 nitrogen and oxygen atoms in total. The normalized spacial score (nSPS) is 21.1. The SMILES string of the molecule is CC[C@H](C(=O)O[C@@H]1CCOC1)c1ccccc1. The first kappa shape index (κ1) is 12.1. The minimum Gasteiger partial charge on any atom is -0.459 e. The number of hydrogen-bond acceptors (Lipinski definition) is 3. The largest absolute Gasteiger partial charge is 0.459 e. The van der Waals surface area contributed by atoms with Gasteiger partial charge in [0.2, 0.25) is 0 Å². The predicted octanol–water partition coefficient (Wildman–Crippen LogP) is 2.51. The van der Waals surface area contributed by atoms with E-state index in [1.165, 1.54) is 0 Å². The molecule has 1 fully saturated rings. The Bertz CT molecular complexity index is 355. The van der Waals surface area contributed by atoms with Crippen molar-refractivity contribution < 1.29 is 14.3 Å². The van der Waals surface area contributed by atoms with E-state index in [-0.39, 0.29) is 18.0 Å². The van der Waals surface area contributed by atoms with Crippen molar-refractivity contribution in [1.82, 2.24) is 0 Å². The number of rotatable bonds is 4. The summed E-state index contributed by atoms with van der Waals surface area (Å²) in [6.45, 7) is 3.24. The highest BCUT2D eigenvalue weighted by molar-refractivity contribution is 5.78. The molecule has 0 bridgehead atoms. The van der Waals surface area contributed by atoms with E-state index in [1.54, 1.807) is 0 Å². The molecule has 1 aliphatic rings. The van der Waals surface area contributed by atoms with E-state index < -0.39 is 0 Å². The maximum atomic E-state index is 12.1. The van der Waals surface area contributed by atoms with Gasteiger partial charge in [0.1, 0.15) is 6.10 Å². The second kappa shape index (κ2) is 5.82. The minimum atomic E-state index is -0.156. The summed E-state index contributed by atoms with van der Waals surface area (Å²) in [5.41, 5.74) is 1.03. The number of carbonyl (C=O) groups is 1. The van der Waals surface area contributed by atoms with Gasteiger partial charge in [0, 0.05) is 6.42 Å². The lowest BCUT2D eigenvalue weighted by Crippen LogP contribution is -2.23. The van der Waals surface area contributed by atoms with Crippen LogP contribution in [0.2, 0.25) is 0 Å². The Hall–Kier alpha value is -1.35.